The lowest BCUT2D eigenvalue weighted by Gasteiger charge is -2.06. The van der Waals surface area contributed by atoms with Crippen LogP contribution in [0.25, 0.3) is 0 Å². The summed E-state index contributed by atoms with van der Waals surface area (Å²) < 4.78 is 38.5. The molecule has 2 aromatic rings. The fourth-order valence-electron chi connectivity index (χ4n) is 1.69. The predicted molar refractivity (Wildman–Crippen MR) is 65.1 cm³/mol. The van der Waals surface area contributed by atoms with Crippen LogP contribution in [0.1, 0.15) is 28.2 Å². The third-order valence-electron chi connectivity index (χ3n) is 2.76. The molecule has 20 heavy (non-hydrogen) atoms. The molecular formula is C13H12F3N3O. The number of rotatable bonds is 4. The summed E-state index contributed by atoms with van der Waals surface area (Å²) in [5.74, 6) is -0.148. The SMILES string of the molecule is Cn1ccc(C(=O)CCc2ccc(C(F)(F)F)nc2)n1. The fraction of sp³-hybridized carbons (Fsp3) is 0.308. The highest BCUT2D eigenvalue weighted by Crippen LogP contribution is 2.27. The van der Waals surface area contributed by atoms with Gasteiger partial charge in [0.05, 0.1) is 0 Å². The number of aryl methyl sites for hydroxylation is 2. The third-order valence-corrected chi connectivity index (χ3v) is 2.76. The lowest BCUT2D eigenvalue weighted by atomic mass is 10.1. The molecule has 2 aromatic heterocycles. The predicted octanol–water partition coefficient (Wildman–Crippen LogP) is 2.65. The Balaban J connectivity index is 1.96. The number of ketones is 1. The van der Waals surface area contributed by atoms with Crippen LogP contribution in [0.5, 0.6) is 0 Å². The van der Waals surface area contributed by atoms with Crippen LogP contribution in [0.15, 0.2) is 30.6 Å². The van der Waals surface area contributed by atoms with Crippen molar-refractivity contribution in [1.29, 1.82) is 0 Å². The van der Waals surface area contributed by atoms with Crippen LogP contribution in [0.3, 0.4) is 0 Å². The second kappa shape index (κ2) is 5.44. The number of aromatic nitrogens is 3. The van der Waals surface area contributed by atoms with E-state index in [0.29, 0.717) is 17.7 Å². The maximum atomic E-state index is 12.3. The van der Waals surface area contributed by atoms with Gasteiger partial charge in [0.1, 0.15) is 11.4 Å². The molecule has 0 radical (unpaired) electrons. The summed E-state index contributed by atoms with van der Waals surface area (Å²) in [5.41, 5.74) is 0.00644. The van der Waals surface area contributed by atoms with Gasteiger partial charge in [-0.3, -0.25) is 14.5 Å². The van der Waals surface area contributed by atoms with Gasteiger partial charge in [-0.05, 0) is 24.1 Å². The Kier molecular flexibility index (Phi) is 3.87. The van der Waals surface area contributed by atoms with Gasteiger partial charge in [-0.2, -0.15) is 18.3 Å². The summed E-state index contributed by atoms with van der Waals surface area (Å²) in [6.45, 7) is 0. The van der Waals surface area contributed by atoms with Crippen molar-refractivity contribution in [2.45, 2.75) is 19.0 Å². The summed E-state index contributed by atoms with van der Waals surface area (Å²) in [6, 6.07) is 3.86. The Hall–Kier alpha value is -2.18. The van der Waals surface area contributed by atoms with E-state index in [4.69, 9.17) is 0 Å². The number of hydrogen-bond donors (Lipinski definition) is 0. The first-order chi connectivity index (χ1) is 9.36. The fourth-order valence-corrected chi connectivity index (χ4v) is 1.69. The number of Topliss-reactive ketones (excluding diaryl/α,β-unsaturated/α-hetero) is 1. The van der Waals surface area contributed by atoms with Gasteiger partial charge in [0, 0.05) is 25.9 Å². The zero-order valence-electron chi connectivity index (χ0n) is 10.7. The molecule has 0 amide bonds. The second-order valence-corrected chi connectivity index (χ2v) is 4.35. The van der Waals surface area contributed by atoms with Crippen LogP contribution < -0.4 is 0 Å². The monoisotopic (exact) mass is 283 g/mol. The quantitative estimate of drug-likeness (QED) is 0.810. The van der Waals surface area contributed by atoms with E-state index in [0.717, 1.165) is 12.3 Å². The molecule has 0 aromatic carbocycles. The molecule has 0 unspecified atom stereocenters. The Morgan fingerprint density at radius 2 is 2.05 bits per heavy atom. The van der Waals surface area contributed by atoms with Gasteiger partial charge >= 0.3 is 6.18 Å². The van der Waals surface area contributed by atoms with Crippen LogP contribution in [-0.2, 0) is 19.6 Å². The molecule has 0 fully saturated rings. The van der Waals surface area contributed by atoms with E-state index in [9.17, 15) is 18.0 Å². The lowest BCUT2D eigenvalue weighted by Crippen LogP contribution is -2.08. The first-order valence-corrected chi connectivity index (χ1v) is 5.91. The molecule has 0 saturated heterocycles. The van der Waals surface area contributed by atoms with Crippen LogP contribution >= 0.6 is 0 Å². The molecule has 0 spiro atoms. The van der Waals surface area contributed by atoms with Gasteiger partial charge in [0.15, 0.2) is 5.78 Å². The van der Waals surface area contributed by atoms with Crippen molar-refractivity contribution in [3.8, 4) is 0 Å². The molecule has 0 bridgehead atoms. The van der Waals surface area contributed by atoms with Crippen molar-refractivity contribution in [3.05, 3.63) is 47.5 Å². The maximum absolute atomic E-state index is 12.3. The highest BCUT2D eigenvalue weighted by molar-refractivity contribution is 5.94. The molecule has 2 heterocycles. The minimum atomic E-state index is -4.44. The number of nitrogens with zero attached hydrogens (tertiary/aromatic N) is 3. The first kappa shape index (κ1) is 14.2. The van der Waals surface area contributed by atoms with Crippen molar-refractivity contribution in [3.63, 3.8) is 0 Å². The van der Waals surface area contributed by atoms with Gasteiger partial charge in [0.2, 0.25) is 0 Å². The van der Waals surface area contributed by atoms with E-state index in [1.54, 1.807) is 19.3 Å². The smallest absolute Gasteiger partial charge is 0.292 e. The molecule has 0 aliphatic rings. The second-order valence-electron chi connectivity index (χ2n) is 4.35. The summed E-state index contributed by atoms with van der Waals surface area (Å²) >= 11 is 0. The molecule has 0 N–H and O–H groups in total. The van der Waals surface area contributed by atoms with Gasteiger partial charge in [-0.15, -0.1) is 0 Å². The van der Waals surface area contributed by atoms with E-state index in [1.807, 2.05) is 0 Å². The summed E-state index contributed by atoms with van der Waals surface area (Å²) in [4.78, 5) is 15.1. The highest BCUT2D eigenvalue weighted by atomic mass is 19.4. The lowest BCUT2D eigenvalue weighted by molar-refractivity contribution is -0.141. The standard InChI is InChI=1S/C13H12F3N3O/c1-19-7-6-10(18-19)11(20)4-2-9-3-5-12(17-8-9)13(14,15)16/h3,5-8H,2,4H2,1H3. The molecule has 0 saturated carbocycles. The number of pyridine rings is 1. The van der Waals surface area contributed by atoms with Crippen molar-refractivity contribution in [1.82, 2.24) is 14.8 Å². The van der Waals surface area contributed by atoms with Crippen LogP contribution in [-0.4, -0.2) is 20.5 Å². The molecule has 0 atom stereocenters. The van der Waals surface area contributed by atoms with Crippen molar-refractivity contribution in [2.24, 2.45) is 7.05 Å². The zero-order chi connectivity index (χ0) is 14.8. The number of carbonyl (C=O) groups is 1. The van der Waals surface area contributed by atoms with Crippen molar-refractivity contribution in [2.75, 3.05) is 0 Å². The van der Waals surface area contributed by atoms with Crippen LogP contribution in [0.2, 0.25) is 0 Å². The van der Waals surface area contributed by atoms with Crippen LogP contribution in [0.4, 0.5) is 13.2 Å². The van der Waals surface area contributed by atoms with E-state index in [1.165, 1.54) is 10.7 Å². The van der Waals surface area contributed by atoms with Crippen molar-refractivity contribution >= 4 is 5.78 Å². The van der Waals surface area contributed by atoms with Crippen LogP contribution in [0, 0.1) is 0 Å². The molecule has 7 heteroatoms. The molecular weight excluding hydrogens is 271 g/mol. The summed E-state index contributed by atoms with van der Waals surface area (Å²) in [6.07, 6.45) is -1.12. The first-order valence-electron chi connectivity index (χ1n) is 5.91. The number of carbonyl (C=O) groups excluding carboxylic acids is 1. The average molecular weight is 283 g/mol. The topological polar surface area (TPSA) is 47.8 Å². The van der Waals surface area contributed by atoms with E-state index in [2.05, 4.69) is 10.1 Å². The Bertz CT molecular complexity index is 602. The van der Waals surface area contributed by atoms with E-state index >= 15 is 0 Å². The molecule has 4 nitrogen and oxygen atoms in total. The molecule has 2 rings (SSSR count). The number of hydrogen-bond acceptors (Lipinski definition) is 3. The molecule has 0 aliphatic carbocycles. The van der Waals surface area contributed by atoms with E-state index < -0.39 is 11.9 Å². The maximum Gasteiger partial charge on any atom is 0.433 e. The Labute approximate surface area is 113 Å². The summed E-state index contributed by atoms with van der Waals surface area (Å²) in [5, 5.41) is 3.97. The number of halogens is 3. The molecule has 0 aliphatic heterocycles. The minimum Gasteiger partial charge on any atom is -0.292 e. The van der Waals surface area contributed by atoms with Gasteiger partial charge in [-0.1, -0.05) is 6.07 Å². The average Bonchev–Trinajstić information content (AvgIpc) is 2.82. The zero-order valence-corrected chi connectivity index (χ0v) is 10.7. The minimum absolute atomic E-state index is 0.148. The normalized spacial score (nSPS) is 11.6. The summed E-state index contributed by atoms with van der Waals surface area (Å²) in [7, 11) is 1.70. The largest absolute Gasteiger partial charge is 0.433 e. The Morgan fingerprint density at radius 1 is 1.30 bits per heavy atom. The molecule has 106 valence electrons. The van der Waals surface area contributed by atoms with Gasteiger partial charge in [0.25, 0.3) is 0 Å². The van der Waals surface area contributed by atoms with Gasteiger partial charge < -0.3 is 0 Å². The highest BCUT2D eigenvalue weighted by Gasteiger charge is 2.31. The van der Waals surface area contributed by atoms with Gasteiger partial charge in [-0.25, -0.2) is 0 Å². The number of alkyl halides is 3. The van der Waals surface area contributed by atoms with Crippen molar-refractivity contribution < 1.29 is 18.0 Å². The Morgan fingerprint density at radius 3 is 2.55 bits per heavy atom. The third kappa shape index (κ3) is 3.43. The van der Waals surface area contributed by atoms with E-state index in [-0.39, 0.29) is 12.2 Å².